The number of Topliss-reactive ketones (excluding diaryl/α,β-unsaturated/α-hetero) is 1. The van der Waals surface area contributed by atoms with Crippen LogP contribution in [0.2, 0.25) is 0 Å². The van der Waals surface area contributed by atoms with Crippen LogP contribution in [0.3, 0.4) is 0 Å². The molecule has 0 aliphatic heterocycles. The van der Waals surface area contributed by atoms with Crippen molar-refractivity contribution in [2.75, 3.05) is 0 Å². The number of hydrogen-bond donors (Lipinski definition) is 0. The van der Waals surface area contributed by atoms with Gasteiger partial charge in [0.25, 0.3) is 0 Å². The van der Waals surface area contributed by atoms with Gasteiger partial charge in [0.05, 0.1) is 4.90 Å². The Labute approximate surface area is 142 Å². The van der Waals surface area contributed by atoms with Crippen LogP contribution in [0.5, 0.6) is 0 Å². The lowest BCUT2D eigenvalue weighted by Crippen LogP contribution is -2.10. The molecule has 23 heavy (non-hydrogen) atoms. The molecule has 0 amide bonds. The number of thioether (sulfide) groups is 1. The molecule has 2 aromatic rings. The summed E-state index contributed by atoms with van der Waals surface area (Å²) >= 11 is 1.62. The van der Waals surface area contributed by atoms with E-state index in [-0.39, 0.29) is 11.2 Å². The summed E-state index contributed by atoms with van der Waals surface area (Å²) in [4.78, 5) is 21.5. The van der Waals surface area contributed by atoms with Crippen LogP contribution >= 0.6 is 11.8 Å². The van der Waals surface area contributed by atoms with Gasteiger partial charge in [0, 0.05) is 18.4 Å². The molecule has 3 nitrogen and oxygen atoms in total. The third-order valence-electron chi connectivity index (χ3n) is 3.68. The first-order chi connectivity index (χ1) is 10.8. The second-order valence-electron chi connectivity index (χ2n) is 6.64. The summed E-state index contributed by atoms with van der Waals surface area (Å²) in [5.41, 5.74) is 3.28. The van der Waals surface area contributed by atoms with Crippen molar-refractivity contribution in [3.8, 4) is 0 Å². The smallest absolute Gasteiger partial charge is 0.182 e. The molecule has 0 N–H and O–H groups in total. The zero-order chi connectivity index (χ0) is 17.0. The number of benzene rings is 1. The van der Waals surface area contributed by atoms with Gasteiger partial charge in [-0.3, -0.25) is 4.79 Å². The van der Waals surface area contributed by atoms with E-state index in [0.717, 1.165) is 10.6 Å². The molecule has 0 bridgehead atoms. The Morgan fingerprint density at radius 3 is 2.39 bits per heavy atom. The summed E-state index contributed by atoms with van der Waals surface area (Å²) in [7, 11) is 0. The third-order valence-corrected chi connectivity index (χ3v) is 4.76. The first-order valence-electron chi connectivity index (χ1n) is 7.90. The second-order valence-corrected chi connectivity index (χ2v) is 7.66. The van der Waals surface area contributed by atoms with E-state index in [4.69, 9.17) is 0 Å². The van der Waals surface area contributed by atoms with E-state index in [1.165, 1.54) is 11.1 Å². The molecule has 2 rings (SSSR count). The van der Waals surface area contributed by atoms with Crippen molar-refractivity contribution >= 4 is 17.5 Å². The van der Waals surface area contributed by atoms with Crippen LogP contribution in [0.1, 0.15) is 61.6 Å². The van der Waals surface area contributed by atoms with Crippen molar-refractivity contribution in [1.29, 1.82) is 0 Å². The Morgan fingerprint density at radius 1 is 1.17 bits per heavy atom. The normalized spacial score (nSPS) is 11.5. The molecule has 0 radical (unpaired) electrons. The van der Waals surface area contributed by atoms with E-state index >= 15 is 0 Å². The standard InChI is InChI=1S/C19H24N2OS/c1-6-16(22)18-17(11-20-13(2)21-18)23-12-14-7-9-15(10-8-14)19(3,4)5/h7-11H,6,12H2,1-5H3. The van der Waals surface area contributed by atoms with Gasteiger partial charge in [0.2, 0.25) is 0 Å². The fourth-order valence-corrected chi connectivity index (χ4v) is 3.13. The fourth-order valence-electron chi connectivity index (χ4n) is 2.19. The maximum Gasteiger partial charge on any atom is 0.182 e. The van der Waals surface area contributed by atoms with Crippen LogP contribution in [0.25, 0.3) is 0 Å². The molecule has 4 heteroatoms. The average molecular weight is 328 g/mol. The molecule has 0 aliphatic carbocycles. The minimum atomic E-state index is 0.0704. The number of aromatic nitrogens is 2. The predicted molar refractivity (Wildman–Crippen MR) is 96.1 cm³/mol. The summed E-state index contributed by atoms with van der Waals surface area (Å²) in [6, 6.07) is 8.67. The van der Waals surface area contributed by atoms with E-state index in [1.54, 1.807) is 18.0 Å². The van der Waals surface area contributed by atoms with Crippen molar-refractivity contribution in [1.82, 2.24) is 9.97 Å². The third kappa shape index (κ3) is 4.64. The highest BCUT2D eigenvalue weighted by Crippen LogP contribution is 2.27. The van der Waals surface area contributed by atoms with Crippen LogP contribution < -0.4 is 0 Å². The highest BCUT2D eigenvalue weighted by molar-refractivity contribution is 7.98. The lowest BCUT2D eigenvalue weighted by molar-refractivity contribution is 0.0979. The van der Waals surface area contributed by atoms with Gasteiger partial charge in [-0.15, -0.1) is 11.8 Å². The summed E-state index contributed by atoms with van der Waals surface area (Å²) in [5.74, 6) is 1.52. The summed E-state index contributed by atoms with van der Waals surface area (Å²) in [6.07, 6.45) is 2.23. The highest BCUT2D eigenvalue weighted by Gasteiger charge is 2.15. The summed E-state index contributed by atoms with van der Waals surface area (Å²) in [6.45, 7) is 10.3. The Bertz CT molecular complexity index is 688. The molecule has 0 atom stereocenters. The zero-order valence-electron chi connectivity index (χ0n) is 14.5. The van der Waals surface area contributed by atoms with Gasteiger partial charge >= 0.3 is 0 Å². The molecule has 0 fully saturated rings. The van der Waals surface area contributed by atoms with Crippen molar-refractivity contribution < 1.29 is 4.79 Å². The second kappa shape index (κ2) is 7.26. The number of nitrogens with zero attached hydrogens (tertiary/aromatic N) is 2. The minimum absolute atomic E-state index is 0.0704. The van der Waals surface area contributed by atoms with E-state index in [1.807, 2.05) is 13.8 Å². The van der Waals surface area contributed by atoms with Crippen molar-refractivity contribution in [2.45, 2.75) is 57.1 Å². The Hall–Kier alpha value is -1.68. The molecule has 122 valence electrons. The van der Waals surface area contributed by atoms with E-state index in [2.05, 4.69) is 55.0 Å². The fraction of sp³-hybridized carbons (Fsp3) is 0.421. The SMILES string of the molecule is CCC(=O)c1nc(C)ncc1SCc1ccc(C(C)(C)C)cc1. The maximum atomic E-state index is 12.0. The first-order valence-corrected chi connectivity index (χ1v) is 8.89. The quantitative estimate of drug-likeness (QED) is 0.574. The van der Waals surface area contributed by atoms with Crippen LogP contribution in [0.15, 0.2) is 35.4 Å². The van der Waals surface area contributed by atoms with Gasteiger partial charge < -0.3 is 0 Å². The van der Waals surface area contributed by atoms with Gasteiger partial charge in [-0.1, -0.05) is 52.0 Å². The minimum Gasteiger partial charge on any atom is -0.292 e. The molecule has 0 unspecified atom stereocenters. The molecule has 0 saturated carbocycles. The van der Waals surface area contributed by atoms with Crippen LogP contribution in [-0.4, -0.2) is 15.8 Å². The largest absolute Gasteiger partial charge is 0.292 e. The summed E-state index contributed by atoms with van der Waals surface area (Å²) < 4.78 is 0. The van der Waals surface area contributed by atoms with Crippen molar-refractivity contribution in [3.05, 3.63) is 53.1 Å². The van der Waals surface area contributed by atoms with Crippen molar-refractivity contribution in [3.63, 3.8) is 0 Å². The van der Waals surface area contributed by atoms with Crippen LogP contribution in [0.4, 0.5) is 0 Å². The molecule has 0 aliphatic rings. The predicted octanol–water partition coefficient (Wildman–Crippen LogP) is 4.97. The first kappa shape index (κ1) is 17.7. The average Bonchev–Trinajstić information content (AvgIpc) is 2.52. The molecule has 0 spiro atoms. The molecule has 1 aromatic heterocycles. The number of ketones is 1. The topological polar surface area (TPSA) is 42.9 Å². The van der Waals surface area contributed by atoms with Gasteiger partial charge in [-0.2, -0.15) is 0 Å². The lowest BCUT2D eigenvalue weighted by atomic mass is 9.87. The van der Waals surface area contributed by atoms with E-state index < -0.39 is 0 Å². The maximum absolute atomic E-state index is 12.0. The Morgan fingerprint density at radius 2 is 1.83 bits per heavy atom. The van der Waals surface area contributed by atoms with Crippen LogP contribution in [0, 0.1) is 6.92 Å². The molecule has 0 saturated heterocycles. The Kier molecular flexibility index (Phi) is 5.58. The molecule has 1 heterocycles. The van der Waals surface area contributed by atoms with Crippen LogP contribution in [-0.2, 0) is 11.2 Å². The lowest BCUT2D eigenvalue weighted by Gasteiger charge is -2.19. The number of hydrogen-bond acceptors (Lipinski definition) is 4. The van der Waals surface area contributed by atoms with Gasteiger partial charge in [-0.25, -0.2) is 9.97 Å². The number of rotatable bonds is 5. The van der Waals surface area contributed by atoms with Crippen molar-refractivity contribution in [2.24, 2.45) is 0 Å². The zero-order valence-corrected chi connectivity index (χ0v) is 15.3. The van der Waals surface area contributed by atoms with Gasteiger partial charge in [-0.05, 0) is 23.5 Å². The number of carbonyl (C=O) groups is 1. The number of aryl methyl sites for hydroxylation is 1. The molecular formula is C19H24N2OS. The van der Waals surface area contributed by atoms with Gasteiger partial charge in [0.1, 0.15) is 11.5 Å². The molecule has 1 aromatic carbocycles. The van der Waals surface area contributed by atoms with E-state index in [0.29, 0.717) is 17.9 Å². The summed E-state index contributed by atoms with van der Waals surface area (Å²) in [5, 5.41) is 0. The molecular weight excluding hydrogens is 304 g/mol. The van der Waals surface area contributed by atoms with E-state index in [9.17, 15) is 4.79 Å². The Balaban J connectivity index is 2.13. The highest BCUT2D eigenvalue weighted by atomic mass is 32.2. The van der Waals surface area contributed by atoms with Gasteiger partial charge in [0.15, 0.2) is 5.78 Å². The number of carbonyl (C=O) groups excluding carboxylic acids is 1. The monoisotopic (exact) mass is 328 g/mol.